The molecule has 12 heteroatoms. The second-order valence-electron chi connectivity index (χ2n) is 11.2. The van der Waals surface area contributed by atoms with Gasteiger partial charge < -0.3 is 20.3 Å². The molecule has 1 aliphatic carbocycles. The highest BCUT2D eigenvalue weighted by molar-refractivity contribution is 7.89. The van der Waals surface area contributed by atoms with Crippen LogP contribution in [0.2, 0.25) is 0 Å². The van der Waals surface area contributed by atoms with E-state index in [4.69, 9.17) is 4.74 Å². The van der Waals surface area contributed by atoms with Crippen LogP contribution in [0.4, 0.5) is 10.5 Å². The van der Waals surface area contributed by atoms with Gasteiger partial charge in [-0.3, -0.25) is 4.79 Å². The van der Waals surface area contributed by atoms with Gasteiger partial charge in [0.1, 0.15) is 0 Å². The number of likely N-dealkylation sites (tertiary alicyclic amines) is 1. The molecule has 0 atom stereocenters. The molecule has 0 bridgehead atoms. The normalized spacial score (nSPS) is 19.9. The molecule has 2 heterocycles. The maximum absolute atomic E-state index is 13.2. The molecular weight excluding hydrogens is 550 g/mol. The highest BCUT2D eigenvalue weighted by atomic mass is 32.2. The van der Waals surface area contributed by atoms with Crippen LogP contribution >= 0.6 is 11.3 Å². The lowest BCUT2D eigenvalue weighted by molar-refractivity contribution is -0.138. The van der Waals surface area contributed by atoms with Crippen LogP contribution in [0.15, 0.2) is 29.3 Å². The van der Waals surface area contributed by atoms with Gasteiger partial charge in [0.05, 0.1) is 26.9 Å². The third-order valence-electron chi connectivity index (χ3n) is 7.19. The van der Waals surface area contributed by atoms with Crippen LogP contribution in [-0.2, 0) is 19.6 Å². The molecule has 1 saturated heterocycles. The van der Waals surface area contributed by atoms with Gasteiger partial charge >= 0.3 is 6.09 Å². The summed E-state index contributed by atoms with van der Waals surface area (Å²) in [6.07, 6.45) is 4.70. The van der Waals surface area contributed by atoms with Gasteiger partial charge in [-0.15, -0.1) is 11.3 Å². The highest BCUT2D eigenvalue weighted by Crippen LogP contribution is 2.40. The maximum Gasteiger partial charge on any atom is 0.407 e. The molecule has 1 saturated carbocycles. The number of carbonyl (C=O) groups excluding carboxylic acids is 2. The number of nitrogens with one attached hydrogen (secondary N) is 3. The monoisotopic (exact) mass is 591 g/mol. The minimum absolute atomic E-state index is 0.0402. The second kappa shape index (κ2) is 12.9. The topological polar surface area (TPSA) is 130 Å². The van der Waals surface area contributed by atoms with Crippen LogP contribution in [0, 0.1) is 5.92 Å². The standard InChI is InChI=1S/C28H41N5O5S2/c1-6-30-40(36,37)25-13-21(31-22-15-33(16-22)27(34)17(2)3)11-12-23(25)24-14-29-26(39-24)19-7-9-20(10-8-19)32-28(35)38-18(4)5/h11-14,17-20,22,30-31H,6-10,15-16H2,1-5H3,(H,32,35). The predicted octanol–water partition coefficient (Wildman–Crippen LogP) is 4.55. The van der Waals surface area contributed by atoms with E-state index in [1.54, 1.807) is 19.2 Å². The Morgan fingerprint density at radius 2 is 1.80 bits per heavy atom. The van der Waals surface area contributed by atoms with Crippen molar-refractivity contribution in [1.82, 2.24) is 19.9 Å². The quantitative estimate of drug-likeness (QED) is 0.370. The average Bonchev–Trinajstić information content (AvgIpc) is 3.35. The van der Waals surface area contributed by atoms with Gasteiger partial charge in [0, 0.05) is 55.0 Å². The number of thiazole rings is 1. The van der Waals surface area contributed by atoms with Crippen molar-refractivity contribution in [3.63, 3.8) is 0 Å². The number of nitrogens with zero attached hydrogens (tertiary/aromatic N) is 2. The molecule has 0 radical (unpaired) electrons. The molecule has 0 spiro atoms. The minimum atomic E-state index is -3.74. The van der Waals surface area contributed by atoms with Crippen LogP contribution in [0.5, 0.6) is 0 Å². The fourth-order valence-corrected chi connectivity index (χ4v) is 7.63. The van der Waals surface area contributed by atoms with Crippen molar-refractivity contribution >= 4 is 39.0 Å². The van der Waals surface area contributed by atoms with Crippen molar-refractivity contribution in [3.8, 4) is 10.4 Å². The summed E-state index contributed by atoms with van der Waals surface area (Å²) < 4.78 is 34.2. The predicted molar refractivity (Wildman–Crippen MR) is 157 cm³/mol. The first-order chi connectivity index (χ1) is 19.0. The van der Waals surface area contributed by atoms with Crippen LogP contribution < -0.4 is 15.4 Å². The molecule has 0 unspecified atom stereocenters. The SMILES string of the molecule is CCNS(=O)(=O)c1cc(NC2CN(C(=O)C(C)C)C2)ccc1-c1cnc(C2CCC(NC(=O)OC(C)C)CC2)s1. The van der Waals surface area contributed by atoms with Gasteiger partial charge in [-0.05, 0) is 51.7 Å². The second-order valence-corrected chi connectivity index (χ2v) is 14.0. The Labute approximate surface area is 241 Å². The Balaban J connectivity index is 1.46. The Morgan fingerprint density at radius 3 is 2.42 bits per heavy atom. The van der Waals surface area contributed by atoms with E-state index in [0.29, 0.717) is 24.3 Å². The van der Waals surface area contributed by atoms with Crippen molar-refractivity contribution in [2.45, 2.75) is 89.3 Å². The Kier molecular flexibility index (Phi) is 9.73. The largest absolute Gasteiger partial charge is 0.447 e. The molecule has 10 nitrogen and oxygen atoms in total. The molecule has 40 heavy (non-hydrogen) atoms. The summed E-state index contributed by atoms with van der Waals surface area (Å²) in [5.74, 6) is 0.354. The Morgan fingerprint density at radius 1 is 1.10 bits per heavy atom. The zero-order valence-corrected chi connectivity index (χ0v) is 25.5. The molecule has 220 valence electrons. The van der Waals surface area contributed by atoms with Crippen LogP contribution in [0.25, 0.3) is 10.4 Å². The Bertz CT molecular complexity index is 1300. The summed E-state index contributed by atoms with van der Waals surface area (Å²) in [6.45, 7) is 10.7. The molecular formula is C28H41N5O5S2. The van der Waals surface area contributed by atoms with Gasteiger partial charge in [0.25, 0.3) is 0 Å². The number of sulfonamides is 1. The summed E-state index contributed by atoms with van der Waals surface area (Å²) >= 11 is 1.53. The number of carbonyl (C=O) groups is 2. The smallest absolute Gasteiger partial charge is 0.407 e. The summed E-state index contributed by atoms with van der Waals surface area (Å²) in [5, 5.41) is 7.32. The third-order valence-corrected chi connectivity index (χ3v) is 9.97. The molecule has 2 aliphatic rings. The van der Waals surface area contributed by atoms with E-state index in [2.05, 4.69) is 20.3 Å². The first-order valence-electron chi connectivity index (χ1n) is 14.1. The van der Waals surface area contributed by atoms with E-state index in [9.17, 15) is 18.0 Å². The third kappa shape index (κ3) is 7.32. The van der Waals surface area contributed by atoms with E-state index in [0.717, 1.165) is 35.6 Å². The fraction of sp³-hybridized carbons (Fsp3) is 0.607. The number of anilines is 1. The Hall–Kier alpha value is -2.70. The maximum atomic E-state index is 13.2. The molecule has 1 aromatic carbocycles. The minimum Gasteiger partial charge on any atom is -0.447 e. The molecule has 2 aromatic rings. The molecule has 1 aliphatic heterocycles. The number of ether oxygens (including phenoxy) is 1. The molecule has 4 rings (SSSR count). The van der Waals surface area contributed by atoms with Crippen LogP contribution in [0.1, 0.15) is 71.2 Å². The van der Waals surface area contributed by atoms with Gasteiger partial charge in [0.15, 0.2) is 0 Å². The summed E-state index contributed by atoms with van der Waals surface area (Å²) in [6, 6.07) is 5.56. The van der Waals surface area contributed by atoms with Gasteiger partial charge in [-0.1, -0.05) is 26.8 Å². The van der Waals surface area contributed by atoms with E-state index in [1.807, 2.05) is 44.7 Å². The lowest BCUT2D eigenvalue weighted by atomic mass is 9.86. The summed E-state index contributed by atoms with van der Waals surface area (Å²) in [5.41, 5.74) is 1.32. The fourth-order valence-electron chi connectivity index (χ4n) is 5.16. The number of alkyl carbamates (subject to hydrolysis) is 1. The van der Waals surface area contributed by atoms with E-state index in [-0.39, 0.29) is 53.5 Å². The first kappa shape index (κ1) is 30.3. The number of aromatic nitrogens is 1. The zero-order valence-electron chi connectivity index (χ0n) is 23.9. The number of hydrogen-bond donors (Lipinski definition) is 3. The summed E-state index contributed by atoms with van der Waals surface area (Å²) in [7, 11) is -3.74. The van der Waals surface area contributed by atoms with Crippen LogP contribution in [-0.4, -0.2) is 68.1 Å². The van der Waals surface area contributed by atoms with Crippen molar-refractivity contribution < 1.29 is 22.7 Å². The zero-order chi connectivity index (χ0) is 29.0. The number of benzene rings is 1. The van der Waals surface area contributed by atoms with Gasteiger partial charge in [0.2, 0.25) is 15.9 Å². The van der Waals surface area contributed by atoms with Crippen molar-refractivity contribution in [3.05, 3.63) is 29.4 Å². The van der Waals surface area contributed by atoms with Gasteiger partial charge in [-0.25, -0.2) is 22.9 Å². The molecule has 1 aromatic heterocycles. The number of amides is 2. The van der Waals surface area contributed by atoms with E-state index >= 15 is 0 Å². The molecule has 3 N–H and O–H groups in total. The van der Waals surface area contributed by atoms with E-state index < -0.39 is 10.0 Å². The first-order valence-corrected chi connectivity index (χ1v) is 16.4. The highest BCUT2D eigenvalue weighted by Gasteiger charge is 2.32. The van der Waals surface area contributed by atoms with E-state index in [1.165, 1.54) is 11.3 Å². The number of rotatable bonds is 10. The number of hydrogen-bond acceptors (Lipinski definition) is 8. The van der Waals surface area contributed by atoms with Crippen molar-refractivity contribution in [2.75, 3.05) is 25.0 Å². The van der Waals surface area contributed by atoms with Crippen molar-refractivity contribution in [2.24, 2.45) is 5.92 Å². The van der Waals surface area contributed by atoms with Crippen LogP contribution in [0.3, 0.4) is 0 Å². The van der Waals surface area contributed by atoms with Gasteiger partial charge in [-0.2, -0.15) is 0 Å². The average molecular weight is 592 g/mol. The molecule has 2 fully saturated rings. The lowest BCUT2D eigenvalue weighted by Crippen LogP contribution is -2.57. The van der Waals surface area contributed by atoms with Crippen molar-refractivity contribution in [1.29, 1.82) is 0 Å². The lowest BCUT2D eigenvalue weighted by Gasteiger charge is -2.41. The molecule has 2 amide bonds. The summed E-state index contributed by atoms with van der Waals surface area (Å²) in [4.78, 5) is 31.6.